The zero-order valence-electron chi connectivity index (χ0n) is 33.6. The normalized spacial score (nSPS) is 13.0. The molecule has 0 N–H and O–H groups in total. The van der Waals surface area contributed by atoms with Crippen LogP contribution in [0.25, 0.3) is 95.0 Å². The van der Waals surface area contributed by atoms with Gasteiger partial charge in [-0.15, -0.1) is 0 Å². The molecule has 13 rings (SSSR count). The van der Waals surface area contributed by atoms with E-state index in [1.165, 1.54) is 44.5 Å². The van der Waals surface area contributed by atoms with Crippen LogP contribution in [0.4, 0.5) is 0 Å². The van der Waals surface area contributed by atoms with Crippen LogP contribution in [-0.2, 0) is 5.41 Å². The summed E-state index contributed by atoms with van der Waals surface area (Å²) in [6, 6.07) is 78.5. The van der Waals surface area contributed by atoms with Crippen LogP contribution in [0.3, 0.4) is 0 Å². The van der Waals surface area contributed by atoms with Crippen molar-refractivity contribution in [2.75, 3.05) is 0 Å². The Labute approximate surface area is 359 Å². The fourth-order valence-corrected chi connectivity index (χ4v) is 10.4. The minimum absolute atomic E-state index is 0.486. The molecule has 4 heteroatoms. The minimum Gasteiger partial charge on any atom is -0.278 e. The highest BCUT2D eigenvalue weighted by atomic mass is 15.2. The number of rotatable bonds is 5. The molecule has 0 unspecified atom stereocenters. The average molecular weight is 789 g/mol. The molecule has 2 heterocycles. The van der Waals surface area contributed by atoms with Crippen LogP contribution in [0.1, 0.15) is 22.3 Å². The van der Waals surface area contributed by atoms with E-state index >= 15 is 0 Å². The van der Waals surface area contributed by atoms with Gasteiger partial charge in [0, 0.05) is 21.9 Å². The van der Waals surface area contributed by atoms with Gasteiger partial charge < -0.3 is 0 Å². The van der Waals surface area contributed by atoms with E-state index in [0.717, 1.165) is 55.2 Å². The Morgan fingerprint density at radius 1 is 0.290 bits per heavy atom. The van der Waals surface area contributed by atoms with Crippen molar-refractivity contribution in [3.05, 3.63) is 241 Å². The lowest BCUT2D eigenvalue weighted by Gasteiger charge is -2.30. The average Bonchev–Trinajstić information content (AvgIpc) is 3.95. The second-order valence-corrected chi connectivity index (χ2v) is 16.3. The first-order chi connectivity index (χ1) is 30.7. The van der Waals surface area contributed by atoms with E-state index < -0.39 is 5.41 Å². The number of fused-ring (bicyclic) bond motifs is 13. The summed E-state index contributed by atoms with van der Waals surface area (Å²) in [5.74, 6) is 1.80. The summed E-state index contributed by atoms with van der Waals surface area (Å²) in [6.07, 6.45) is 0. The fraction of sp³-hybridized carbons (Fsp3) is 0.0172. The van der Waals surface area contributed by atoms with Gasteiger partial charge in [0.2, 0.25) is 5.95 Å². The van der Waals surface area contributed by atoms with Crippen LogP contribution in [-0.4, -0.2) is 19.5 Å². The molecule has 62 heavy (non-hydrogen) atoms. The molecule has 0 saturated heterocycles. The smallest absolute Gasteiger partial charge is 0.238 e. The highest BCUT2D eigenvalue weighted by Crippen LogP contribution is 2.63. The topological polar surface area (TPSA) is 43.6 Å². The molecule has 0 aliphatic heterocycles. The first-order valence-electron chi connectivity index (χ1n) is 21.2. The lowest BCUT2D eigenvalue weighted by molar-refractivity contribution is 0.794. The summed E-state index contributed by atoms with van der Waals surface area (Å²) in [5.41, 5.74) is 18.3. The van der Waals surface area contributed by atoms with Crippen molar-refractivity contribution < 1.29 is 0 Å². The Bertz CT molecular complexity index is 3440. The van der Waals surface area contributed by atoms with Crippen molar-refractivity contribution in [2.24, 2.45) is 0 Å². The maximum absolute atomic E-state index is 5.42. The fourth-order valence-electron chi connectivity index (χ4n) is 10.4. The second-order valence-electron chi connectivity index (χ2n) is 16.3. The van der Waals surface area contributed by atoms with Gasteiger partial charge >= 0.3 is 0 Å². The van der Waals surface area contributed by atoms with Crippen molar-refractivity contribution in [3.63, 3.8) is 0 Å². The molecule has 9 aromatic carbocycles. The molecule has 1 spiro atoms. The predicted molar refractivity (Wildman–Crippen MR) is 252 cm³/mol. The standard InChI is InChI=1S/C58H36N4/c1-3-17-37(18-4-1)39-21-15-23-41(33-39)55-59-56(42-24-16-22-40(34-42)38-19-5-2-6-20-38)61-57(60-55)62-53-32-14-10-28-46(53)48-35-47-45-27-9-13-31-51(45)58(52(47)36-54(48)62)49-29-11-7-25-43(49)44-26-8-12-30-50(44)58/h1-36H. The molecular weight excluding hydrogens is 753 g/mol. The summed E-state index contributed by atoms with van der Waals surface area (Å²) < 4.78 is 2.27. The number of nitrogens with zero attached hydrogens (tertiary/aromatic N) is 4. The molecule has 0 amide bonds. The summed E-state index contributed by atoms with van der Waals surface area (Å²) in [7, 11) is 0. The third-order valence-corrected chi connectivity index (χ3v) is 13.1. The predicted octanol–water partition coefficient (Wildman–Crippen LogP) is 14.0. The van der Waals surface area contributed by atoms with Crippen LogP contribution in [0.2, 0.25) is 0 Å². The van der Waals surface area contributed by atoms with Gasteiger partial charge in [-0.1, -0.05) is 188 Å². The van der Waals surface area contributed by atoms with Crippen molar-refractivity contribution >= 4 is 21.8 Å². The van der Waals surface area contributed by atoms with Crippen LogP contribution in [0.15, 0.2) is 218 Å². The third kappa shape index (κ3) is 4.98. The van der Waals surface area contributed by atoms with E-state index in [1.54, 1.807) is 0 Å². The van der Waals surface area contributed by atoms with Crippen molar-refractivity contribution in [2.45, 2.75) is 5.41 Å². The number of aromatic nitrogens is 4. The molecule has 2 aliphatic carbocycles. The van der Waals surface area contributed by atoms with Gasteiger partial charge in [0.25, 0.3) is 0 Å². The first kappa shape index (κ1) is 34.6. The molecule has 0 bridgehead atoms. The lowest BCUT2D eigenvalue weighted by Crippen LogP contribution is -2.25. The quantitative estimate of drug-likeness (QED) is 0.174. The summed E-state index contributed by atoms with van der Waals surface area (Å²) in [5, 5.41) is 2.31. The molecule has 0 radical (unpaired) electrons. The number of hydrogen-bond acceptors (Lipinski definition) is 3. The summed E-state index contributed by atoms with van der Waals surface area (Å²) in [6.45, 7) is 0. The van der Waals surface area contributed by atoms with Gasteiger partial charge in [-0.2, -0.15) is 9.97 Å². The van der Waals surface area contributed by atoms with Crippen molar-refractivity contribution in [3.8, 4) is 73.2 Å². The molecule has 288 valence electrons. The third-order valence-electron chi connectivity index (χ3n) is 13.1. The Morgan fingerprint density at radius 3 is 1.31 bits per heavy atom. The largest absolute Gasteiger partial charge is 0.278 e. The maximum atomic E-state index is 5.42. The molecule has 11 aromatic rings. The van der Waals surface area contributed by atoms with Gasteiger partial charge in [0.05, 0.1) is 16.4 Å². The lowest BCUT2D eigenvalue weighted by atomic mass is 9.70. The Kier molecular flexibility index (Phi) is 7.49. The van der Waals surface area contributed by atoms with Crippen LogP contribution >= 0.6 is 0 Å². The van der Waals surface area contributed by atoms with Crippen LogP contribution < -0.4 is 0 Å². The summed E-state index contributed by atoms with van der Waals surface area (Å²) in [4.78, 5) is 16.1. The van der Waals surface area contributed by atoms with Crippen LogP contribution in [0, 0.1) is 0 Å². The molecule has 2 aromatic heterocycles. The molecule has 0 fully saturated rings. The number of hydrogen-bond donors (Lipinski definition) is 0. The van der Waals surface area contributed by atoms with Crippen LogP contribution in [0.5, 0.6) is 0 Å². The van der Waals surface area contributed by atoms with E-state index in [4.69, 9.17) is 15.0 Å². The highest BCUT2D eigenvalue weighted by molar-refractivity contribution is 6.12. The van der Waals surface area contributed by atoms with E-state index in [0.29, 0.717) is 17.6 Å². The van der Waals surface area contributed by atoms with Crippen molar-refractivity contribution in [1.29, 1.82) is 0 Å². The van der Waals surface area contributed by atoms with Gasteiger partial charge in [0.1, 0.15) is 0 Å². The zero-order valence-corrected chi connectivity index (χ0v) is 33.6. The highest BCUT2D eigenvalue weighted by Gasteiger charge is 2.51. The number of benzene rings is 9. The number of para-hydroxylation sites is 1. The first-order valence-corrected chi connectivity index (χ1v) is 21.2. The second kappa shape index (κ2) is 13.4. The van der Waals surface area contributed by atoms with E-state index in [-0.39, 0.29) is 0 Å². The van der Waals surface area contributed by atoms with Gasteiger partial charge in [-0.25, -0.2) is 4.98 Å². The molecule has 0 saturated carbocycles. The summed E-state index contributed by atoms with van der Waals surface area (Å²) >= 11 is 0. The van der Waals surface area contributed by atoms with Gasteiger partial charge in [0.15, 0.2) is 11.6 Å². The monoisotopic (exact) mass is 788 g/mol. The van der Waals surface area contributed by atoms with Gasteiger partial charge in [-0.05, 0) is 97.1 Å². The molecule has 0 atom stereocenters. The SMILES string of the molecule is c1ccc(-c2cccc(-c3nc(-c4cccc(-c5ccccc5)c4)nc(-n4c5ccccc5c5cc6c(cc54)C4(c5ccccc5-c5ccccc54)c4ccccc4-6)n3)c2)cc1. The maximum Gasteiger partial charge on any atom is 0.238 e. The van der Waals surface area contributed by atoms with E-state index in [2.05, 4.69) is 211 Å². The Hall–Kier alpha value is -8.21. The molecular formula is C58H36N4. The Balaban J connectivity index is 1.10. The zero-order chi connectivity index (χ0) is 40.8. The molecule has 4 nitrogen and oxygen atoms in total. The van der Waals surface area contributed by atoms with Gasteiger partial charge in [-0.3, -0.25) is 4.57 Å². The Morgan fingerprint density at radius 2 is 0.742 bits per heavy atom. The molecule has 2 aliphatic rings. The van der Waals surface area contributed by atoms with E-state index in [9.17, 15) is 0 Å². The minimum atomic E-state index is -0.486. The van der Waals surface area contributed by atoms with E-state index in [1.807, 2.05) is 12.1 Å². The van der Waals surface area contributed by atoms with Crippen molar-refractivity contribution in [1.82, 2.24) is 19.5 Å².